The summed E-state index contributed by atoms with van der Waals surface area (Å²) in [4.78, 5) is 20.1. The second-order valence-corrected chi connectivity index (χ2v) is 13.0. The Morgan fingerprint density at radius 2 is 0.788 bits per heavy atom. The van der Waals surface area contributed by atoms with Gasteiger partial charge in [0.2, 0.25) is 0 Å². The monoisotopic (exact) mass is 662 g/mol. The summed E-state index contributed by atoms with van der Waals surface area (Å²) in [6, 6.07) is 63.5. The van der Waals surface area contributed by atoms with E-state index < -0.39 is 0 Å². The van der Waals surface area contributed by atoms with Gasteiger partial charge in [0.05, 0.1) is 11.2 Å². The number of para-hydroxylation sites is 1. The van der Waals surface area contributed by atoms with Crippen LogP contribution >= 0.6 is 0 Å². The fourth-order valence-corrected chi connectivity index (χ4v) is 7.35. The normalized spacial score (nSPS) is 11.5. The maximum Gasteiger partial charge on any atom is 0.164 e. The number of hydrogen-bond acceptors (Lipinski definition) is 4. The highest BCUT2D eigenvalue weighted by Crippen LogP contribution is 2.42. The van der Waals surface area contributed by atoms with Crippen LogP contribution < -0.4 is 0 Å². The molecule has 0 saturated carbocycles. The van der Waals surface area contributed by atoms with E-state index >= 15 is 0 Å². The van der Waals surface area contributed by atoms with Crippen molar-refractivity contribution in [3.63, 3.8) is 0 Å². The Balaban J connectivity index is 1.17. The van der Waals surface area contributed by atoms with Crippen molar-refractivity contribution in [2.24, 2.45) is 0 Å². The molecule has 8 aromatic carbocycles. The standard InChI is InChI=1S/C48H30N4/c1-3-14-33(15-4-1)46-50-47(34-16-5-2-6-17-34)52-48(51-46)35-26-24-32(25-27-35)45-42-30-41(37-28-23-31-13-7-8-18-36(31)29-37)38-19-9-10-20-39(38)44(42)40-21-11-12-22-43(40)49-45/h1-30H. The summed E-state index contributed by atoms with van der Waals surface area (Å²) in [5, 5.41) is 8.36. The molecule has 0 fully saturated rings. The Kier molecular flexibility index (Phi) is 7.10. The quantitative estimate of drug-likeness (QED) is 0.172. The van der Waals surface area contributed by atoms with Crippen LogP contribution in [-0.2, 0) is 0 Å². The van der Waals surface area contributed by atoms with E-state index in [-0.39, 0.29) is 0 Å². The molecule has 4 nitrogen and oxygen atoms in total. The molecule has 0 atom stereocenters. The third-order valence-corrected chi connectivity index (χ3v) is 9.88. The number of fused-ring (bicyclic) bond motifs is 6. The molecular formula is C48H30N4. The van der Waals surface area contributed by atoms with E-state index in [4.69, 9.17) is 19.9 Å². The van der Waals surface area contributed by atoms with Crippen LogP contribution in [0, 0.1) is 0 Å². The number of pyridine rings is 1. The minimum atomic E-state index is 0.625. The third-order valence-electron chi connectivity index (χ3n) is 9.88. The van der Waals surface area contributed by atoms with Gasteiger partial charge in [-0.2, -0.15) is 0 Å². The zero-order valence-corrected chi connectivity index (χ0v) is 28.1. The maximum atomic E-state index is 5.33. The van der Waals surface area contributed by atoms with E-state index in [2.05, 4.69) is 121 Å². The van der Waals surface area contributed by atoms with Crippen molar-refractivity contribution in [1.82, 2.24) is 19.9 Å². The van der Waals surface area contributed by atoms with Gasteiger partial charge in [-0.15, -0.1) is 0 Å². The van der Waals surface area contributed by atoms with Crippen LogP contribution in [0.1, 0.15) is 0 Å². The number of aromatic nitrogens is 4. The zero-order chi connectivity index (χ0) is 34.4. The number of hydrogen-bond donors (Lipinski definition) is 0. The second kappa shape index (κ2) is 12.4. The molecule has 242 valence electrons. The highest BCUT2D eigenvalue weighted by Gasteiger charge is 2.18. The van der Waals surface area contributed by atoms with Crippen molar-refractivity contribution < 1.29 is 0 Å². The number of nitrogens with zero attached hydrogens (tertiary/aromatic N) is 4. The highest BCUT2D eigenvalue weighted by atomic mass is 15.0. The summed E-state index contributed by atoms with van der Waals surface area (Å²) in [6.07, 6.45) is 0. The molecule has 0 radical (unpaired) electrons. The van der Waals surface area contributed by atoms with Gasteiger partial charge in [-0.25, -0.2) is 19.9 Å². The SMILES string of the molecule is c1ccc(-c2nc(-c3ccccc3)nc(-c3ccc(-c4nc5ccccc5c5c4cc(-c4ccc6ccccc6c4)c4ccccc45)cc3)n2)cc1. The number of rotatable bonds is 5. The van der Waals surface area contributed by atoms with Crippen molar-refractivity contribution in [3.8, 4) is 56.5 Å². The molecule has 10 aromatic rings. The van der Waals surface area contributed by atoms with Crippen LogP contribution in [0.3, 0.4) is 0 Å². The summed E-state index contributed by atoms with van der Waals surface area (Å²) in [5.41, 5.74) is 8.12. The molecule has 0 N–H and O–H groups in total. The minimum absolute atomic E-state index is 0.625. The lowest BCUT2D eigenvalue weighted by atomic mass is 9.89. The molecule has 0 unspecified atom stereocenters. The molecule has 4 heteroatoms. The Morgan fingerprint density at radius 3 is 1.46 bits per heavy atom. The molecule has 0 aliphatic rings. The van der Waals surface area contributed by atoms with E-state index in [1.807, 2.05) is 60.7 Å². The third kappa shape index (κ3) is 5.17. The average Bonchev–Trinajstić information content (AvgIpc) is 3.23. The van der Waals surface area contributed by atoms with Crippen LogP contribution in [0.2, 0.25) is 0 Å². The van der Waals surface area contributed by atoms with Crippen molar-refractivity contribution >= 4 is 43.2 Å². The largest absolute Gasteiger partial charge is 0.247 e. The van der Waals surface area contributed by atoms with Crippen molar-refractivity contribution in [3.05, 3.63) is 182 Å². The summed E-state index contributed by atoms with van der Waals surface area (Å²) in [7, 11) is 0. The summed E-state index contributed by atoms with van der Waals surface area (Å²) >= 11 is 0. The predicted molar refractivity (Wildman–Crippen MR) is 215 cm³/mol. The predicted octanol–water partition coefficient (Wildman–Crippen LogP) is 12.2. The maximum absolute atomic E-state index is 5.33. The summed E-state index contributed by atoms with van der Waals surface area (Å²) in [6.45, 7) is 0. The van der Waals surface area contributed by atoms with Gasteiger partial charge in [-0.3, -0.25) is 0 Å². The second-order valence-electron chi connectivity index (χ2n) is 13.0. The molecule has 0 bridgehead atoms. The highest BCUT2D eigenvalue weighted by molar-refractivity contribution is 6.25. The lowest BCUT2D eigenvalue weighted by molar-refractivity contribution is 1.07. The molecular weight excluding hydrogens is 633 g/mol. The smallest absolute Gasteiger partial charge is 0.164 e. The van der Waals surface area contributed by atoms with Gasteiger partial charge in [0, 0.05) is 38.4 Å². The van der Waals surface area contributed by atoms with Crippen LogP contribution in [0.4, 0.5) is 0 Å². The van der Waals surface area contributed by atoms with Gasteiger partial charge in [-0.1, -0.05) is 164 Å². The Labute approximate surface area is 300 Å². The van der Waals surface area contributed by atoms with E-state index in [9.17, 15) is 0 Å². The van der Waals surface area contributed by atoms with Gasteiger partial charge in [0.1, 0.15) is 0 Å². The van der Waals surface area contributed by atoms with Gasteiger partial charge in [-0.05, 0) is 50.9 Å². The van der Waals surface area contributed by atoms with E-state index in [1.54, 1.807) is 0 Å². The van der Waals surface area contributed by atoms with Crippen LogP contribution in [0.25, 0.3) is 99.8 Å². The van der Waals surface area contributed by atoms with E-state index in [0.717, 1.165) is 44.2 Å². The van der Waals surface area contributed by atoms with Gasteiger partial charge >= 0.3 is 0 Å². The lowest BCUT2D eigenvalue weighted by Crippen LogP contribution is -2.00. The Morgan fingerprint density at radius 1 is 0.288 bits per heavy atom. The first-order valence-electron chi connectivity index (χ1n) is 17.5. The average molecular weight is 663 g/mol. The molecule has 0 amide bonds. The summed E-state index contributed by atoms with van der Waals surface area (Å²) in [5.74, 6) is 1.91. The Hall–Kier alpha value is -7.04. The molecule has 2 heterocycles. The first-order valence-corrected chi connectivity index (χ1v) is 17.5. The molecule has 0 aliphatic carbocycles. The lowest BCUT2D eigenvalue weighted by Gasteiger charge is -2.16. The molecule has 2 aromatic heterocycles. The van der Waals surface area contributed by atoms with E-state index in [0.29, 0.717) is 17.5 Å². The van der Waals surface area contributed by atoms with Crippen molar-refractivity contribution in [1.29, 1.82) is 0 Å². The summed E-state index contributed by atoms with van der Waals surface area (Å²) < 4.78 is 0. The first-order chi connectivity index (χ1) is 25.8. The van der Waals surface area contributed by atoms with Gasteiger partial charge < -0.3 is 0 Å². The fraction of sp³-hybridized carbons (Fsp3) is 0. The molecule has 0 spiro atoms. The first kappa shape index (κ1) is 29.8. The fourth-order valence-electron chi connectivity index (χ4n) is 7.35. The van der Waals surface area contributed by atoms with Crippen molar-refractivity contribution in [2.75, 3.05) is 0 Å². The molecule has 52 heavy (non-hydrogen) atoms. The van der Waals surface area contributed by atoms with Crippen LogP contribution in [0.5, 0.6) is 0 Å². The zero-order valence-electron chi connectivity index (χ0n) is 28.1. The topological polar surface area (TPSA) is 51.6 Å². The van der Waals surface area contributed by atoms with Gasteiger partial charge in [0.25, 0.3) is 0 Å². The minimum Gasteiger partial charge on any atom is -0.247 e. The van der Waals surface area contributed by atoms with Crippen LogP contribution in [-0.4, -0.2) is 19.9 Å². The van der Waals surface area contributed by atoms with E-state index in [1.165, 1.54) is 38.1 Å². The number of benzene rings is 8. The molecule has 10 rings (SSSR count). The molecule has 0 aliphatic heterocycles. The Bertz CT molecular complexity index is 2880. The van der Waals surface area contributed by atoms with Gasteiger partial charge in [0.15, 0.2) is 17.5 Å². The van der Waals surface area contributed by atoms with Crippen molar-refractivity contribution in [2.45, 2.75) is 0 Å². The van der Waals surface area contributed by atoms with Crippen LogP contribution in [0.15, 0.2) is 182 Å². The molecule has 0 saturated heterocycles.